The van der Waals surface area contributed by atoms with Gasteiger partial charge in [-0.2, -0.15) is 0 Å². The highest BCUT2D eigenvalue weighted by atomic mass is 15.2. The van der Waals surface area contributed by atoms with Gasteiger partial charge in [0, 0.05) is 44.3 Å². The number of fused-ring (bicyclic) bond motifs is 10. The molecule has 0 fully saturated rings. The molecule has 0 aliphatic carbocycles. The smallest absolute Gasteiger partial charge is 0.0620 e. The minimum atomic E-state index is 1.02. The van der Waals surface area contributed by atoms with Crippen LogP contribution in [0.25, 0.3) is 104 Å². The maximum Gasteiger partial charge on any atom is 0.0620 e. The van der Waals surface area contributed by atoms with E-state index in [1.807, 2.05) is 0 Å². The third kappa shape index (κ3) is 8.48. The fraction of sp³-hybridized carbons (Fsp3) is 0. The van der Waals surface area contributed by atoms with E-state index in [2.05, 4.69) is 336 Å². The molecule has 0 amide bonds. The summed E-state index contributed by atoms with van der Waals surface area (Å²) in [6.07, 6.45) is 0. The largest absolute Gasteiger partial charge is 0.310 e. The molecule has 0 unspecified atom stereocenters. The van der Waals surface area contributed by atoms with E-state index in [1.54, 1.807) is 0 Å². The third-order valence-electron chi connectivity index (χ3n) is 16.2. The van der Waals surface area contributed by atoms with E-state index in [0.29, 0.717) is 0 Å². The Morgan fingerprint density at radius 3 is 0.926 bits per heavy atom. The fourth-order valence-electron chi connectivity index (χ4n) is 12.3. The van der Waals surface area contributed by atoms with Crippen LogP contribution in [0.2, 0.25) is 0 Å². The molecule has 0 aliphatic heterocycles. The van der Waals surface area contributed by atoms with Crippen LogP contribution in [0.15, 0.2) is 322 Å². The highest BCUT2D eigenvalue weighted by molar-refractivity contribution is 6.27. The van der Waals surface area contributed by atoms with Crippen LogP contribution in [-0.2, 0) is 0 Å². The minimum absolute atomic E-state index is 1.02. The average Bonchev–Trinajstić information content (AvgIpc) is 2.84. The van der Waals surface area contributed by atoms with Gasteiger partial charge in [-0.15, -0.1) is 0 Å². The van der Waals surface area contributed by atoms with Crippen molar-refractivity contribution in [2.24, 2.45) is 0 Å². The average molecular weight is 1030 g/mol. The fourth-order valence-corrected chi connectivity index (χ4v) is 12.3. The molecular weight excluding hydrogens is 979 g/mol. The lowest BCUT2D eigenvalue weighted by Gasteiger charge is -2.31. The predicted octanol–water partition coefficient (Wildman–Crippen LogP) is 21.9. The Labute approximate surface area is 471 Å². The molecule has 2 aromatic heterocycles. The highest BCUT2D eigenvalue weighted by Crippen LogP contribution is 2.50. The van der Waals surface area contributed by atoms with Crippen LogP contribution in [0.3, 0.4) is 0 Å². The zero-order valence-corrected chi connectivity index (χ0v) is 44.4. The minimum Gasteiger partial charge on any atom is -0.310 e. The first-order valence-electron chi connectivity index (χ1n) is 27.8. The first kappa shape index (κ1) is 47.5. The van der Waals surface area contributed by atoms with E-state index in [1.165, 1.54) is 54.6 Å². The van der Waals surface area contributed by atoms with Crippen LogP contribution in [0.5, 0.6) is 0 Å². The zero-order chi connectivity index (χ0) is 53.6. The van der Waals surface area contributed by atoms with Crippen molar-refractivity contribution in [2.75, 3.05) is 9.80 Å². The molecule has 15 rings (SSSR count). The van der Waals surface area contributed by atoms with Crippen molar-refractivity contribution in [3.05, 3.63) is 322 Å². The van der Waals surface area contributed by atoms with E-state index < -0.39 is 0 Å². The number of anilines is 6. The third-order valence-corrected chi connectivity index (χ3v) is 16.2. The van der Waals surface area contributed by atoms with Gasteiger partial charge in [0.15, 0.2) is 0 Å². The van der Waals surface area contributed by atoms with Crippen LogP contribution >= 0.6 is 0 Å². The number of aromatic nitrogens is 1. The van der Waals surface area contributed by atoms with E-state index in [0.717, 1.165) is 83.7 Å². The van der Waals surface area contributed by atoms with Gasteiger partial charge in [0.2, 0.25) is 0 Å². The van der Waals surface area contributed by atoms with Crippen molar-refractivity contribution < 1.29 is 0 Å². The molecule has 380 valence electrons. The molecule has 81 heavy (non-hydrogen) atoms. The summed E-state index contributed by atoms with van der Waals surface area (Å²) in [5.41, 5.74) is 19.0. The molecular formula is C78H53N3. The summed E-state index contributed by atoms with van der Waals surface area (Å²) in [6.45, 7) is 0. The number of rotatable bonds is 10. The number of hydrogen-bond acceptors (Lipinski definition) is 2. The lowest BCUT2D eigenvalue weighted by Crippen LogP contribution is -2.14. The summed E-state index contributed by atoms with van der Waals surface area (Å²) in [5, 5.41) is 9.45. The number of benzene rings is 13. The summed E-state index contributed by atoms with van der Waals surface area (Å²) >= 11 is 0. The van der Waals surface area contributed by atoms with Gasteiger partial charge in [-0.3, -0.25) is 0 Å². The first-order chi connectivity index (χ1) is 40.2. The Hall–Kier alpha value is -10.7. The molecule has 0 aliphatic rings. The summed E-state index contributed by atoms with van der Waals surface area (Å²) in [4.78, 5) is 4.93. The molecule has 13 aromatic carbocycles. The van der Waals surface area contributed by atoms with Crippen molar-refractivity contribution in [1.29, 1.82) is 0 Å². The van der Waals surface area contributed by atoms with Gasteiger partial charge < -0.3 is 14.2 Å². The van der Waals surface area contributed by atoms with Crippen molar-refractivity contribution in [3.8, 4) is 44.5 Å². The molecule has 0 saturated carbocycles. The van der Waals surface area contributed by atoms with Gasteiger partial charge >= 0.3 is 0 Å². The SMILES string of the molecule is c1ccc(-c2ccc(N(c3ccc(-c4ccccc4)cc3)c3cc(N(c4ccc(-c5ccccc5)cc4)c4ccc(-c5ccccc5)cc4)c4c5cccc6c7ccccc7c7ccccc7c7ccccc7n(c4c3)c65)cc2)cc1. The quantitative estimate of drug-likeness (QED) is 0.135. The zero-order valence-electron chi connectivity index (χ0n) is 44.4. The molecule has 0 N–H and O–H groups in total. The van der Waals surface area contributed by atoms with Gasteiger partial charge in [-0.25, -0.2) is 0 Å². The summed E-state index contributed by atoms with van der Waals surface area (Å²) < 4.78 is 2.57. The van der Waals surface area contributed by atoms with E-state index in [4.69, 9.17) is 0 Å². The van der Waals surface area contributed by atoms with Crippen LogP contribution in [-0.4, -0.2) is 4.40 Å². The number of nitrogens with zero attached hydrogens (tertiary/aromatic N) is 3. The second-order valence-corrected chi connectivity index (χ2v) is 20.8. The molecule has 0 saturated heterocycles. The van der Waals surface area contributed by atoms with E-state index in [9.17, 15) is 0 Å². The molecule has 3 heteroatoms. The van der Waals surface area contributed by atoms with Crippen molar-refractivity contribution in [2.45, 2.75) is 0 Å². The lowest BCUT2D eigenvalue weighted by atomic mass is 9.99. The van der Waals surface area contributed by atoms with Gasteiger partial charge in [-0.1, -0.05) is 255 Å². The van der Waals surface area contributed by atoms with Gasteiger partial charge in [0.1, 0.15) is 0 Å². The number of para-hydroxylation sites is 2. The van der Waals surface area contributed by atoms with Crippen LogP contribution in [0.4, 0.5) is 34.1 Å². The van der Waals surface area contributed by atoms with Crippen molar-refractivity contribution in [1.82, 2.24) is 4.40 Å². The Bertz CT molecular complexity index is 4640. The standard InChI is InChI=1S/C78H53N3/c1-5-20-54(21-6-1)58-36-44-62(45-37-58)79(63-46-38-59(39-47-63)55-22-7-2-8-23-55)66-52-75(80(64-48-40-60(41-49-64)56-24-9-3-10-25-56)65-50-42-61(43-51-65)57-26-11-4-12-27-57)77-73-34-19-33-72-70-31-16-14-29-68(70)67-28-13-15-30-69(67)71-32-17-18-35-74(71)81(78(72)73)76(77)53-66/h1-53H. The second-order valence-electron chi connectivity index (χ2n) is 20.8. The molecule has 0 spiro atoms. The maximum absolute atomic E-state index is 2.57. The highest BCUT2D eigenvalue weighted by Gasteiger charge is 2.26. The Balaban J connectivity index is 1.09. The Morgan fingerprint density at radius 2 is 0.506 bits per heavy atom. The van der Waals surface area contributed by atoms with Gasteiger partial charge in [0.05, 0.1) is 27.9 Å². The predicted molar refractivity (Wildman–Crippen MR) is 345 cm³/mol. The number of hydrogen-bond donors (Lipinski definition) is 0. The van der Waals surface area contributed by atoms with Crippen LogP contribution in [0.1, 0.15) is 0 Å². The molecule has 0 bridgehead atoms. The van der Waals surface area contributed by atoms with Crippen molar-refractivity contribution in [3.63, 3.8) is 0 Å². The molecule has 15 aromatic rings. The molecule has 0 radical (unpaired) electrons. The van der Waals surface area contributed by atoms with Crippen LogP contribution < -0.4 is 9.80 Å². The summed E-state index contributed by atoms with van der Waals surface area (Å²) in [6, 6.07) is 118. The molecule has 2 heterocycles. The first-order valence-corrected chi connectivity index (χ1v) is 27.8. The Morgan fingerprint density at radius 1 is 0.198 bits per heavy atom. The molecule has 3 nitrogen and oxygen atoms in total. The van der Waals surface area contributed by atoms with Gasteiger partial charge in [-0.05, 0) is 133 Å². The van der Waals surface area contributed by atoms with Gasteiger partial charge in [0.25, 0.3) is 0 Å². The topological polar surface area (TPSA) is 10.9 Å². The summed E-state index contributed by atoms with van der Waals surface area (Å²) in [7, 11) is 0. The van der Waals surface area contributed by atoms with E-state index in [-0.39, 0.29) is 0 Å². The normalized spacial score (nSPS) is 11.5. The second kappa shape index (κ2) is 20.2. The van der Waals surface area contributed by atoms with Crippen molar-refractivity contribution >= 4 is 93.8 Å². The van der Waals surface area contributed by atoms with Crippen LogP contribution in [0, 0.1) is 0 Å². The monoisotopic (exact) mass is 1030 g/mol. The lowest BCUT2D eigenvalue weighted by molar-refractivity contribution is 1.25. The molecule has 0 atom stereocenters. The maximum atomic E-state index is 2.57. The van der Waals surface area contributed by atoms with E-state index >= 15 is 0 Å². The Kier molecular flexibility index (Phi) is 11.9. The summed E-state index contributed by atoms with van der Waals surface area (Å²) in [5.74, 6) is 0.